The van der Waals surface area contributed by atoms with Gasteiger partial charge in [-0.3, -0.25) is 0 Å². The zero-order valence-corrected chi connectivity index (χ0v) is 13.6. The van der Waals surface area contributed by atoms with Gasteiger partial charge in [0, 0.05) is 18.7 Å². The number of ether oxygens (including phenoxy) is 3. The van der Waals surface area contributed by atoms with Crippen LogP contribution >= 0.6 is 0 Å². The Kier molecular flexibility index (Phi) is 5.34. The fourth-order valence-corrected chi connectivity index (χ4v) is 2.73. The van der Waals surface area contributed by atoms with Crippen LogP contribution in [0.15, 0.2) is 18.2 Å². The molecule has 1 aliphatic heterocycles. The van der Waals surface area contributed by atoms with Crippen LogP contribution < -0.4 is 14.8 Å². The molecule has 1 atom stereocenters. The maximum Gasteiger partial charge on any atom is 0.142 e. The summed E-state index contributed by atoms with van der Waals surface area (Å²) in [6.07, 6.45) is 1.99. The first kappa shape index (κ1) is 16.0. The lowest BCUT2D eigenvalue weighted by molar-refractivity contribution is -0.0553. The second-order valence-corrected chi connectivity index (χ2v) is 5.97. The van der Waals surface area contributed by atoms with Gasteiger partial charge in [0.2, 0.25) is 0 Å². The Bertz CT molecular complexity index is 459. The van der Waals surface area contributed by atoms with Gasteiger partial charge in [-0.25, -0.2) is 0 Å². The monoisotopic (exact) mass is 293 g/mol. The molecule has 0 bridgehead atoms. The summed E-state index contributed by atoms with van der Waals surface area (Å²) in [7, 11) is 0. The van der Waals surface area contributed by atoms with E-state index in [0.29, 0.717) is 19.3 Å². The summed E-state index contributed by atoms with van der Waals surface area (Å²) in [6.45, 7) is 10.4. The van der Waals surface area contributed by atoms with Crippen LogP contribution in [0, 0.1) is 0 Å². The first-order valence-electron chi connectivity index (χ1n) is 7.84. The minimum Gasteiger partial charge on any atom is -0.494 e. The van der Waals surface area contributed by atoms with Crippen molar-refractivity contribution in [2.24, 2.45) is 0 Å². The van der Waals surface area contributed by atoms with E-state index in [9.17, 15) is 0 Å². The second kappa shape index (κ2) is 7.03. The highest BCUT2D eigenvalue weighted by molar-refractivity contribution is 5.60. The number of rotatable bonds is 6. The van der Waals surface area contributed by atoms with Crippen molar-refractivity contribution in [3.63, 3.8) is 0 Å². The Labute approximate surface area is 127 Å². The van der Waals surface area contributed by atoms with E-state index in [2.05, 4.69) is 19.2 Å². The first-order chi connectivity index (χ1) is 10.0. The minimum atomic E-state index is -0.0702. The molecule has 1 heterocycles. The van der Waals surface area contributed by atoms with E-state index in [1.54, 1.807) is 0 Å². The predicted octanol–water partition coefficient (Wildman–Crippen LogP) is 3.85. The van der Waals surface area contributed by atoms with Gasteiger partial charge in [-0.1, -0.05) is 0 Å². The lowest BCUT2D eigenvalue weighted by Crippen LogP contribution is -2.40. The summed E-state index contributed by atoms with van der Waals surface area (Å²) < 4.78 is 17.1. The van der Waals surface area contributed by atoms with Gasteiger partial charge in [0.25, 0.3) is 0 Å². The molecular weight excluding hydrogens is 266 g/mol. The maximum atomic E-state index is 5.78. The molecule has 1 N–H and O–H groups in total. The Morgan fingerprint density at radius 3 is 2.67 bits per heavy atom. The van der Waals surface area contributed by atoms with Crippen molar-refractivity contribution in [3.05, 3.63) is 18.2 Å². The van der Waals surface area contributed by atoms with E-state index in [1.165, 1.54) is 0 Å². The molecule has 1 fully saturated rings. The quantitative estimate of drug-likeness (QED) is 0.864. The Morgan fingerprint density at radius 1 is 1.24 bits per heavy atom. The third-order valence-corrected chi connectivity index (χ3v) is 3.62. The third kappa shape index (κ3) is 4.53. The molecule has 0 radical (unpaired) electrons. The molecule has 1 aromatic rings. The Morgan fingerprint density at radius 2 is 2.00 bits per heavy atom. The lowest BCUT2D eigenvalue weighted by Gasteiger charge is -2.36. The molecule has 21 heavy (non-hydrogen) atoms. The predicted molar refractivity (Wildman–Crippen MR) is 85.5 cm³/mol. The SMILES string of the molecule is CCOc1ccc(OCC)c(NC2CCOC(C)(C)C2)c1. The molecule has 4 heteroatoms. The largest absolute Gasteiger partial charge is 0.494 e. The first-order valence-corrected chi connectivity index (χ1v) is 7.84. The molecule has 0 spiro atoms. The van der Waals surface area contributed by atoms with Crippen LogP contribution in [0.1, 0.15) is 40.5 Å². The van der Waals surface area contributed by atoms with Gasteiger partial charge >= 0.3 is 0 Å². The summed E-state index contributed by atoms with van der Waals surface area (Å²) in [5, 5.41) is 3.60. The molecule has 0 saturated carbocycles. The van der Waals surface area contributed by atoms with Gasteiger partial charge < -0.3 is 19.5 Å². The van der Waals surface area contributed by atoms with Gasteiger partial charge in [-0.15, -0.1) is 0 Å². The van der Waals surface area contributed by atoms with Crippen molar-refractivity contribution >= 4 is 5.69 Å². The average molecular weight is 293 g/mol. The molecule has 1 aromatic carbocycles. The number of nitrogens with one attached hydrogen (secondary N) is 1. The van der Waals surface area contributed by atoms with Crippen LogP contribution in [0.5, 0.6) is 11.5 Å². The molecule has 118 valence electrons. The summed E-state index contributed by atoms with van der Waals surface area (Å²) in [5.41, 5.74) is 0.935. The molecular formula is C17H27NO3. The molecule has 1 unspecified atom stereocenters. The molecule has 4 nitrogen and oxygen atoms in total. The van der Waals surface area contributed by atoms with Crippen LogP contribution in [0.2, 0.25) is 0 Å². The van der Waals surface area contributed by atoms with Crippen molar-refractivity contribution in [3.8, 4) is 11.5 Å². The van der Waals surface area contributed by atoms with Crippen molar-refractivity contribution in [1.29, 1.82) is 0 Å². The van der Waals surface area contributed by atoms with E-state index < -0.39 is 0 Å². The highest BCUT2D eigenvalue weighted by Crippen LogP contribution is 2.33. The zero-order valence-electron chi connectivity index (χ0n) is 13.6. The number of benzene rings is 1. The van der Waals surface area contributed by atoms with E-state index in [-0.39, 0.29) is 5.60 Å². The summed E-state index contributed by atoms with van der Waals surface area (Å²) in [5.74, 6) is 1.75. The zero-order chi connectivity index (χ0) is 15.3. The van der Waals surface area contributed by atoms with E-state index in [0.717, 1.165) is 36.6 Å². The number of anilines is 1. The highest BCUT2D eigenvalue weighted by Gasteiger charge is 2.29. The Hall–Kier alpha value is -1.42. The Balaban J connectivity index is 2.13. The second-order valence-electron chi connectivity index (χ2n) is 5.97. The van der Waals surface area contributed by atoms with E-state index in [4.69, 9.17) is 14.2 Å². The van der Waals surface area contributed by atoms with Gasteiger partial charge in [-0.2, -0.15) is 0 Å². The van der Waals surface area contributed by atoms with Crippen LogP contribution in [-0.4, -0.2) is 31.5 Å². The van der Waals surface area contributed by atoms with Gasteiger partial charge in [0.15, 0.2) is 0 Å². The fraction of sp³-hybridized carbons (Fsp3) is 0.647. The van der Waals surface area contributed by atoms with Gasteiger partial charge in [-0.05, 0) is 52.7 Å². The standard InChI is InChI=1S/C17H27NO3/c1-5-19-14-7-8-16(20-6-2)15(11-14)18-13-9-10-21-17(3,4)12-13/h7-8,11,13,18H,5-6,9-10,12H2,1-4H3. The summed E-state index contributed by atoms with van der Waals surface area (Å²) >= 11 is 0. The van der Waals surface area contributed by atoms with Crippen molar-refractivity contribution in [2.45, 2.75) is 52.2 Å². The van der Waals surface area contributed by atoms with Crippen LogP contribution in [-0.2, 0) is 4.74 Å². The maximum absolute atomic E-state index is 5.78. The normalized spacial score (nSPS) is 20.9. The van der Waals surface area contributed by atoms with Crippen LogP contribution in [0.4, 0.5) is 5.69 Å². The third-order valence-electron chi connectivity index (χ3n) is 3.62. The topological polar surface area (TPSA) is 39.7 Å². The summed E-state index contributed by atoms with van der Waals surface area (Å²) in [4.78, 5) is 0. The molecule has 1 saturated heterocycles. The average Bonchev–Trinajstić information content (AvgIpc) is 2.41. The van der Waals surface area contributed by atoms with Crippen molar-refractivity contribution < 1.29 is 14.2 Å². The molecule has 2 rings (SSSR count). The van der Waals surface area contributed by atoms with Gasteiger partial charge in [0.05, 0.1) is 24.5 Å². The van der Waals surface area contributed by atoms with E-state index >= 15 is 0 Å². The van der Waals surface area contributed by atoms with Crippen LogP contribution in [0.25, 0.3) is 0 Å². The number of hydrogen-bond donors (Lipinski definition) is 1. The number of hydrogen-bond acceptors (Lipinski definition) is 4. The summed E-state index contributed by atoms with van der Waals surface area (Å²) in [6, 6.07) is 6.34. The van der Waals surface area contributed by atoms with Crippen molar-refractivity contribution in [2.75, 3.05) is 25.1 Å². The molecule has 0 amide bonds. The van der Waals surface area contributed by atoms with E-state index in [1.807, 2.05) is 32.0 Å². The van der Waals surface area contributed by atoms with Gasteiger partial charge in [0.1, 0.15) is 11.5 Å². The van der Waals surface area contributed by atoms with Crippen LogP contribution in [0.3, 0.4) is 0 Å². The lowest BCUT2D eigenvalue weighted by atomic mass is 9.94. The fourth-order valence-electron chi connectivity index (χ4n) is 2.73. The molecule has 0 aromatic heterocycles. The van der Waals surface area contributed by atoms with Crippen molar-refractivity contribution in [1.82, 2.24) is 0 Å². The smallest absolute Gasteiger partial charge is 0.142 e. The highest BCUT2D eigenvalue weighted by atomic mass is 16.5. The molecule has 0 aliphatic carbocycles. The molecule has 1 aliphatic rings. The minimum absolute atomic E-state index is 0.0702.